The van der Waals surface area contributed by atoms with E-state index in [4.69, 9.17) is 40.5 Å². The van der Waals surface area contributed by atoms with Gasteiger partial charge in [0.2, 0.25) is 0 Å². The van der Waals surface area contributed by atoms with Gasteiger partial charge in [-0.2, -0.15) is 0 Å². The van der Waals surface area contributed by atoms with E-state index in [1.807, 2.05) is 84.6 Å². The van der Waals surface area contributed by atoms with E-state index in [0.29, 0.717) is 38.6 Å². The number of aromatic amines is 1. The number of benzene rings is 3. The number of pyridine rings is 1. The maximum absolute atomic E-state index is 14.5. The van der Waals surface area contributed by atoms with Crippen molar-refractivity contribution < 1.29 is 4.79 Å². The fraction of sp³-hybridized carbons (Fsp3) is 0.189. The topological polar surface area (TPSA) is 90.3 Å². The number of H-pyrrole nitrogens is 1. The molecule has 7 nitrogen and oxygen atoms in total. The third kappa shape index (κ3) is 7.04. The summed E-state index contributed by atoms with van der Waals surface area (Å²) in [6, 6.07) is 24.9. The lowest BCUT2D eigenvalue weighted by Gasteiger charge is -2.32. The predicted octanol–water partition coefficient (Wildman–Crippen LogP) is 9.24. The monoisotopic (exact) mass is 684 g/mol. The van der Waals surface area contributed by atoms with E-state index in [9.17, 15) is 4.79 Å². The number of fused-ring (bicyclic) bond motifs is 1. The predicted molar refractivity (Wildman–Crippen MR) is 196 cm³/mol. The molecule has 1 amide bonds. The molecule has 4 N–H and O–H groups in total. The van der Waals surface area contributed by atoms with Gasteiger partial charge >= 0.3 is 0 Å². The molecule has 0 radical (unpaired) electrons. The normalized spacial score (nSPS) is 14.2. The van der Waals surface area contributed by atoms with Crippen LogP contribution in [-0.2, 0) is 6.54 Å². The summed E-state index contributed by atoms with van der Waals surface area (Å²) in [6.45, 7) is 8.14. The van der Waals surface area contributed by atoms with Crippen LogP contribution in [0.5, 0.6) is 0 Å². The summed E-state index contributed by atoms with van der Waals surface area (Å²) in [7, 11) is 0. The minimum atomic E-state index is -0.317. The molecule has 5 aromatic rings. The molecular weight excluding hydrogens is 651 g/mol. The molecule has 1 aliphatic heterocycles. The third-order valence-corrected chi connectivity index (χ3v) is 9.35. The molecule has 0 spiro atoms. The van der Waals surface area contributed by atoms with Crippen molar-refractivity contribution in [1.82, 2.24) is 14.9 Å². The van der Waals surface area contributed by atoms with Gasteiger partial charge in [0.05, 0.1) is 11.4 Å². The van der Waals surface area contributed by atoms with Gasteiger partial charge < -0.3 is 25.8 Å². The van der Waals surface area contributed by atoms with Gasteiger partial charge in [-0.25, -0.2) is 4.98 Å². The molecule has 10 heteroatoms. The number of anilines is 2. The summed E-state index contributed by atoms with van der Waals surface area (Å²) in [5.41, 5.74) is 12.2. The van der Waals surface area contributed by atoms with Crippen LogP contribution >= 0.6 is 34.8 Å². The number of rotatable bonds is 9. The average molecular weight is 686 g/mol. The summed E-state index contributed by atoms with van der Waals surface area (Å²) in [5.74, 6) is 0.400. The highest BCUT2D eigenvalue weighted by Gasteiger charge is 2.28. The third-order valence-electron chi connectivity index (χ3n) is 8.52. The Morgan fingerprint density at radius 3 is 2.49 bits per heavy atom. The summed E-state index contributed by atoms with van der Waals surface area (Å²) in [6.07, 6.45) is 5.21. The van der Waals surface area contributed by atoms with Crippen molar-refractivity contribution in [3.8, 4) is 0 Å². The van der Waals surface area contributed by atoms with Gasteiger partial charge in [-0.1, -0.05) is 83.8 Å². The Labute approximate surface area is 289 Å². The molecule has 0 atom stereocenters. The second-order valence-corrected chi connectivity index (χ2v) is 12.9. The minimum absolute atomic E-state index is 0.169. The largest absolute Gasteiger partial charge is 0.355 e. The van der Waals surface area contributed by atoms with Crippen molar-refractivity contribution in [3.63, 3.8) is 0 Å². The molecule has 1 fully saturated rings. The highest BCUT2D eigenvalue weighted by Crippen LogP contribution is 2.39. The van der Waals surface area contributed by atoms with Crippen LogP contribution in [0, 0.1) is 0 Å². The number of amides is 1. The SMILES string of the molecule is C=CN(Cc1ccc(Cl)cc1Cl)/C(=C(\C)c1ccccc1)c1c(C(=O)Nc2cccnc2N2CCC(N)CC2)[nH]c2cc(Cl)ccc12. The molecule has 0 aliphatic carbocycles. The van der Waals surface area contributed by atoms with E-state index in [1.165, 1.54) is 0 Å². The zero-order valence-corrected chi connectivity index (χ0v) is 28.2. The van der Waals surface area contributed by atoms with Crippen LogP contribution in [0.15, 0.2) is 97.8 Å². The van der Waals surface area contributed by atoms with Gasteiger partial charge in [0.15, 0.2) is 5.82 Å². The number of hydrogen-bond acceptors (Lipinski definition) is 5. The first kappa shape index (κ1) is 32.7. The number of halogens is 3. The van der Waals surface area contributed by atoms with Crippen molar-refractivity contribution in [1.29, 1.82) is 0 Å². The number of hydrogen-bond donors (Lipinski definition) is 3. The molecule has 3 heterocycles. The molecule has 1 saturated heterocycles. The molecule has 3 aromatic carbocycles. The van der Waals surface area contributed by atoms with E-state index >= 15 is 0 Å². The van der Waals surface area contributed by atoms with Gasteiger partial charge in [-0.15, -0.1) is 0 Å². The number of carbonyl (C=O) groups excluding carboxylic acids is 1. The molecule has 0 saturated carbocycles. The first-order valence-corrected chi connectivity index (χ1v) is 16.5. The van der Waals surface area contributed by atoms with Crippen molar-refractivity contribution in [2.45, 2.75) is 32.4 Å². The van der Waals surface area contributed by atoms with Gasteiger partial charge in [0.1, 0.15) is 5.69 Å². The summed E-state index contributed by atoms with van der Waals surface area (Å²) in [4.78, 5) is 26.7. The molecule has 47 heavy (non-hydrogen) atoms. The number of piperidine rings is 1. The highest BCUT2D eigenvalue weighted by atomic mass is 35.5. The molecule has 2 aromatic heterocycles. The summed E-state index contributed by atoms with van der Waals surface area (Å²) >= 11 is 19.4. The van der Waals surface area contributed by atoms with E-state index < -0.39 is 0 Å². The van der Waals surface area contributed by atoms with Gasteiger partial charge in [0, 0.05) is 63.4 Å². The number of aromatic nitrogens is 2. The number of allylic oxidation sites excluding steroid dienone is 1. The summed E-state index contributed by atoms with van der Waals surface area (Å²) in [5, 5.41) is 5.63. The van der Waals surface area contributed by atoms with E-state index in [0.717, 1.165) is 65.0 Å². The molecule has 0 unspecified atom stereocenters. The van der Waals surface area contributed by atoms with E-state index in [2.05, 4.69) is 26.8 Å². The highest BCUT2D eigenvalue weighted by molar-refractivity contribution is 6.35. The lowest BCUT2D eigenvalue weighted by atomic mass is 9.96. The first-order valence-electron chi connectivity index (χ1n) is 15.4. The Kier molecular flexibility index (Phi) is 9.89. The molecule has 6 rings (SSSR count). The van der Waals surface area contributed by atoms with Crippen LogP contribution in [0.2, 0.25) is 15.1 Å². The Hall–Kier alpha value is -4.27. The van der Waals surface area contributed by atoms with Crippen LogP contribution < -0.4 is 16.0 Å². The Morgan fingerprint density at radius 2 is 1.77 bits per heavy atom. The zero-order valence-electron chi connectivity index (χ0n) is 25.9. The van der Waals surface area contributed by atoms with Gasteiger partial charge in [-0.05, 0) is 79.1 Å². The van der Waals surface area contributed by atoms with Crippen molar-refractivity contribution >= 4 is 74.4 Å². The Balaban J connectivity index is 1.51. The van der Waals surface area contributed by atoms with Crippen LogP contribution in [0.25, 0.3) is 22.2 Å². The van der Waals surface area contributed by atoms with E-state index in [-0.39, 0.29) is 11.9 Å². The molecular formula is C37H35Cl3N6O. The Morgan fingerprint density at radius 1 is 1.04 bits per heavy atom. The average Bonchev–Trinajstić information content (AvgIpc) is 3.44. The number of carbonyl (C=O) groups is 1. The quantitative estimate of drug-likeness (QED) is 0.144. The molecule has 240 valence electrons. The number of nitrogens with one attached hydrogen (secondary N) is 2. The van der Waals surface area contributed by atoms with Crippen LogP contribution in [-0.4, -0.2) is 39.9 Å². The second kappa shape index (κ2) is 14.2. The Bertz CT molecular complexity index is 1960. The first-order chi connectivity index (χ1) is 22.7. The van der Waals surface area contributed by atoms with Crippen LogP contribution in [0.1, 0.15) is 46.9 Å². The molecule has 1 aliphatic rings. The fourth-order valence-corrected chi connectivity index (χ4v) is 6.71. The smallest absolute Gasteiger partial charge is 0.272 e. The maximum atomic E-state index is 14.5. The van der Waals surface area contributed by atoms with Crippen molar-refractivity contribution in [3.05, 3.63) is 135 Å². The number of nitrogens with two attached hydrogens (primary N) is 1. The van der Waals surface area contributed by atoms with Crippen molar-refractivity contribution in [2.75, 3.05) is 23.3 Å². The maximum Gasteiger partial charge on any atom is 0.272 e. The van der Waals surface area contributed by atoms with Crippen LogP contribution in [0.4, 0.5) is 11.5 Å². The standard InChI is InChI=1S/C37H35Cl3N6O/c1-3-45(22-25-11-12-26(38)20-30(25)40)35(23(2)24-8-5-4-6-9-24)33-29-14-13-27(39)21-32(29)43-34(33)37(47)44-31-10-7-17-42-36(31)46-18-15-28(41)16-19-46/h3-14,17,20-21,28,43H,1,15-16,18-19,22,41H2,2H3,(H,44,47)/b35-23+. The van der Waals surface area contributed by atoms with Crippen molar-refractivity contribution in [2.24, 2.45) is 5.73 Å². The van der Waals surface area contributed by atoms with Gasteiger partial charge in [0.25, 0.3) is 5.91 Å². The fourth-order valence-electron chi connectivity index (χ4n) is 6.07. The van der Waals surface area contributed by atoms with E-state index in [1.54, 1.807) is 18.5 Å². The lowest BCUT2D eigenvalue weighted by molar-refractivity contribution is 0.102. The lowest BCUT2D eigenvalue weighted by Crippen LogP contribution is -2.40. The summed E-state index contributed by atoms with van der Waals surface area (Å²) < 4.78 is 0. The molecule has 0 bridgehead atoms. The van der Waals surface area contributed by atoms with Gasteiger partial charge in [-0.3, -0.25) is 4.79 Å². The second-order valence-electron chi connectivity index (χ2n) is 11.6. The van der Waals surface area contributed by atoms with Crippen LogP contribution in [0.3, 0.4) is 0 Å². The zero-order chi connectivity index (χ0) is 33.1. The minimum Gasteiger partial charge on any atom is -0.355 e. The number of nitrogens with zero attached hydrogens (tertiary/aromatic N) is 3.